The van der Waals surface area contributed by atoms with Crippen molar-refractivity contribution in [1.82, 2.24) is 4.90 Å². The molecule has 0 bridgehead atoms. The van der Waals surface area contributed by atoms with E-state index in [0.29, 0.717) is 33.6 Å². The standard InChI is InChI=1S/C21H17ClN2O4S/c1-2-27-18-11-15(5-8-17(18)28-10-9-23)12-19-20(25)24(21(26)29-19)13-14-3-6-16(22)7-4-14/h3-8,11-12H,2,10,13H2,1H3/b19-12-. The van der Waals surface area contributed by atoms with Gasteiger partial charge in [-0.1, -0.05) is 29.8 Å². The molecule has 6 nitrogen and oxygen atoms in total. The highest BCUT2D eigenvalue weighted by Gasteiger charge is 2.35. The lowest BCUT2D eigenvalue weighted by atomic mass is 10.1. The van der Waals surface area contributed by atoms with Gasteiger partial charge in [-0.05, 0) is 60.2 Å². The first-order valence-electron chi connectivity index (χ1n) is 8.78. The molecule has 1 aliphatic rings. The van der Waals surface area contributed by atoms with Crippen LogP contribution in [0.25, 0.3) is 6.08 Å². The number of hydrogen-bond donors (Lipinski definition) is 0. The number of imide groups is 1. The van der Waals surface area contributed by atoms with Gasteiger partial charge in [0.2, 0.25) is 0 Å². The molecule has 0 N–H and O–H groups in total. The van der Waals surface area contributed by atoms with E-state index in [1.54, 1.807) is 48.5 Å². The molecule has 0 radical (unpaired) electrons. The average molecular weight is 429 g/mol. The van der Waals surface area contributed by atoms with Crippen LogP contribution >= 0.6 is 23.4 Å². The first-order valence-corrected chi connectivity index (χ1v) is 9.97. The number of ether oxygens (including phenoxy) is 2. The fraction of sp³-hybridized carbons (Fsp3) is 0.190. The summed E-state index contributed by atoms with van der Waals surface area (Å²) in [6.45, 7) is 2.35. The second-order valence-electron chi connectivity index (χ2n) is 5.98. The van der Waals surface area contributed by atoms with E-state index in [4.69, 9.17) is 26.3 Å². The SMILES string of the molecule is CCOc1cc(/C=C2\SC(=O)N(Cc3ccc(Cl)cc3)C2=O)ccc1OCC#N. The van der Waals surface area contributed by atoms with Crippen LogP contribution < -0.4 is 9.47 Å². The van der Waals surface area contributed by atoms with E-state index in [9.17, 15) is 9.59 Å². The maximum Gasteiger partial charge on any atom is 0.293 e. The molecule has 2 aromatic rings. The fourth-order valence-corrected chi connectivity index (χ4v) is 3.64. The molecule has 2 amide bonds. The number of nitrogens with zero attached hydrogens (tertiary/aromatic N) is 2. The van der Waals surface area contributed by atoms with Crippen molar-refractivity contribution in [1.29, 1.82) is 5.26 Å². The quantitative estimate of drug-likeness (QED) is 0.585. The lowest BCUT2D eigenvalue weighted by Crippen LogP contribution is -2.27. The lowest BCUT2D eigenvalue weighted by molar-refractivity contribution is -0.123. The molecule has 8 heteroatoms. The smallest absolute Gasteiger partial charge is 0.293 e. The van der Waals surface area contributed by atoms with Crippen LogP contribution in [0, 0.1) is 11.3 Å². The van der Waals surface area contributed by atoms with Gasteiger partial charge in [-0.2, -0.15) is 5.26 Å². The molecule has 0 saturated carbocycles. The van der Waals surface area contributed by atoms with Crippen molar-refractivity contribution in [2.24, 2.45) is 0 Å². The molecule has 0 aromatic heterocycles. The van der Waals surface area contributed by atoms with E-state index in [2.05, 4.69) is 0 Å². The number of benzene rings is 2. The van der Waals surface area contributed by atoms with Crippen LogP contribution in [-0.4, -0.2) is 29.3 Å². The number of carbonyl (C=O) groups excluding carboxylic acids is 2. The number of amides is 2. The minimum Gasteiger partial charge on any atom is -0.490 e. The molecule has 1 aliphatic heterocycles. The fourth-order valence-electron chi connectivity index (χ4n) is 2.67. The molecular weight excluding hydrogens is 412 g/mol. The Morgan fingerprint density at radius 2 is 1.90 bits per heavy atom. The topological polar surface area (TPSA) is 79.6 Å². The lowest BCUT2D eigenvalue weighted by Gasteiger charge is -2.12. The normalized spacial score (nSPS) is 14.9. The van der Waals surface area contributed by atoms with Crippen LogP contribution in [0.1, 0.15) is 18.1 Å². The summed E-state index contributed by atoms with van der Waals surface area (Å²) >= 11 is 6.77. The van der Waals surface area contributed by atoms with Gasteiger partial charge in [0.25, 0.3) is 11.1 Å². The van der Waals surface area contributed by atoms with Crippen LogP contribution in [0.15, 0.2) is 47.4 Å². The Morgan fingerprint density at radius 3 is 2.59 bits per heavy atom. The molecule has 0 aliphatic carbocycles. The second-order valence-corrected chi connectivity index (χ2v) is 7.41. The second kappa shape index (κ2) is 9.50. The van der Waals surface area contributed by atoms with Gasteiger partial charge in [-0.15, -0.1) is 0 Å². The Balaban J connectivity index is 1.80. The summed E-state index contributed by atoms with van der Waals surface area (Å²) in [4.78, 5) is 26.6. The number of thioether (sulfide) groups is 1. The van der Waals surface area contributed by atoms with Crippen molar-refractivity contribution in [2.45, 2.75) is 13.5 Å². The molecule has 0 spiro atoms. The third-order valence-corrected chi connectivity index (χ3v) is 5.14. The maximum atomic E-state index is 12.7. The molecule has 1 fully saturated rings. The van der Waals surface area contributed by atoms with Crippen LogP contribution in [-0.2, 0) is 11.3 Å². The minimum atomic E-state index is -0.349. The number of nitriles is 1. The molecule has 29 heavy (non-hydrogen) atoms. The molecule has 1 heterocycles. The van der Waals surface area contributed by atoms with E-state index in [1.165, 1.54) is 4.90 Å². The number of rotatable bonds is 7. The van der Waals surface area contributed by atoms with Crippen LogP contribution in [0.4, 0.5) is 4.79 Å². The van der Waals surface area contributed by atoms with Gasteiger partial charge >= 0.3 is 0 Å². The van der Waals surface area contributed by atoms with Gasteiger partial charge in [0, 0.05) is 5.02 Å². The zero-order valence-corrected chi connectivity index (χ0v) is 17.1. The Bertz CT molecular complexity index is 999. The summed E-state index contributed by atoms with van der Waals surface area (Å²) in [6, 6.07) is 14.0. The van der Waals surface area contributed by atoms with Crippen molar-refractivity contribution in [3.05, 3.63) is 63.5 Å². The molecule has 2 aromatic carbocycles. The predicted molar refractivity (Wildman–Crippen MR) is 112 cm³/mol. The third-order valence-electron chi connectivity index (χ3n) is 3.99. The summed E-state index contributed by atoms with van der Waals surface area (Å²) < 4.78 is 10.9. The Kier molecular flexibility index (Phi) is 6.81. The summed E-state index contributed by atoms with van der Waals surface area (Å²) in [5.41, 5.74) is 1.50. The van der Waals surface area contributed by atoms with Gasteiger partial charge in [-0.3, -0.25) is 14.5 Å². The van der Waals surface area contributed by atoms with Crippen molar-refractivity contribution >= 4 is 40.6 Å². The van der Waals surface area contributed by atoms with E-state index < -0.39 is 0 Å². The highest BCUT2D eigenvalue weighted by molar-refractivity contribution is 8.18. The van der Waals surface area contributed by atoms with Crippen molar-refractivity contribution in [2.75, 3.05) is 13.2 Å². The molecule has 0 atom stereocenters. The molecule has 1 saturated heterocycles. The summed E-state index contributed by atoms with van der Waals surface area (Å²) in [5, 5.41) is 8.95. The zero-order chi connectivity index (χ0) is 20.8. The Morgan fingerprint density at radius 1 is 1.14 bits per heavy atom. The highest BCUT2D eigenvalue weighted by Crippen LogP contribution is 2.35. The number of carbonyl (C=O) groups is 2. The predicted octanol–water partition coefficient (Wildman–Crippen LogP) is 4.88. The largest absolute Gasteiger partial charge is 0.490 e. The van der Waals surface area contributed by atoms with Crippen molar-refractivity contribution in [3.63, 3.8) is 0 Å². The molecular formula is C21H17ClN2O4S. The van der Waals surface area contributed by atoms with Gasteiger partial charge in [-0.25, -0.2) is 0 Å². The van der Waals surface area contributed by atoms with Crippen molar-refractivity contribution < 1.29 is 19.1 Å². The Hall–Kier alpha value is -2.95. The first-order chi connectivity index (χ1) is 14.0. The van der Waals surface area contributed by atoms with Gasteiger partial charge in [0.15, 0.2) is 18.1 Å². The Labute approximate surface area is 177 Å². The van der Waals surface area contributed by atoms with Crippen LogP contribution in [0.3, 0.4) is 0 Å². The van der Waals surface area contributed by atoms with E-state index >= 15 is 0 Å². The van der Waals surface area contributed by atoms with Gasteiger partial charge < -0.3 is 9.47 Å². The monoisotopic (exact) mass is 428 g/mol. The van der Waals surface area contributed by atoms with Crippen LogP contribution in [0.2, 0.25) is 5.02 Å². The van der Waals surface area contributed by atoms with E-state index in [1.807, 2.05) is 13.0 Å². The molecule has 3 rings (SSSR count). The molecule has 148 valence electrons. The zero-order valence-electron chi connectivity index (χ0n) is 15.6. The van der Waals surface area contributed by atoms with Gasteiger partial charge in [0.05, 0.1) is 18.1 Å². The van der Waals surface area contributed by atoms with Gasteiger partial charge in [0.1, 0.15) is 6.07 Å². The molecule has 0 unspecified atom stereocenters. The minimum absolute atomic E-state index is 0.0942. The maximum absolute atomic E-state index is 12.7. The van der Waals surface area contributed by atoms with Crippen LogP contribution in [0.5, 0.6) is 11.5 Å². The number of halogens is 1. The van der Waals surface area contributed by atoms with E-state index in [-0.39, 0.29) is 24.3 Å². The number of hydrogen-bond acceptors (Lipinski definition) is 6. The van der Waals surface area contributed by atoms with Crippen molar-refractivity contribution in [3.8, 4) is 17.6 Å². The summed E-state index contributed by atoms with van der Waals surface area (Å²) in [5.74, 6) is 0.566. The van der Waals surface area contributed by atoms with E-state index in [0.717, 1.165) is 17.3 Å². The summed E-state index contributed by atoms with van der Waals surface area (Å²) in [6.07, 6.45) is 1.64. The average Bonchev–Trinajstić information content (AvgIpc) is 2.96. The summed E-state index contributed by atoms with van der Waals surface area (Å²) in [7, 11) is 0. The highest BCUT2D eigenvalue weighted by atomic mass is 35.5. The first kappa shape index (κ1) is 20.8. The third kappa shape index (κ3) is 5.11.